The first-order valence-corrected chi connectivity index (χ1v) is 4.73. The van der Waals surface area contributed by atoms with E-state index in [4.69, 9.17) is 0 Å². The van der Waals surface area contributed by atoms with Crippen LogP contribution in [0.15, 0.2) is 12.6 Å². The lowest BCUT2D eigenvalue weighted by molar-refractivity contribution is 0.824. The van der Waals surface area contributed by atoms with E-state index in [1.165, 1.54) is 5.56 Å². The number of anilines is 1. The molecule has 76 valence electrons. The quantitative estimate of drug-likeness (QED) is 0.734. The second kappa shape index (κ2) is 4.22. The Balaban J connectivity index is 3.23. The van der Waals surface area contributed by atoms with Gasteiger partial charge in [0.2, 0.25) is 0 Å². The van der Waals surface area contributed by atoms with Crippen LogP contribution in [-0.2, 0) is 0 Å². The highest BCUT2D eigenvalue weighted by molar-refractivity contribution is 5.52. The fourth-order valence-electron chi connectivity index (χ4n) is 1.29. The molecular weight excluding hydrogens is 174 g/mol. The Hall–Kier alpha value is -1.38. The molecule has 0 aliphatic heterocycles. The Morgan fingerprint density at radius 2 is 2.00 bits per heavy atom. The van der Waals surface area contributed by atoms with Crippen molar-refractivity contribution in [3.63, 3.8) is 0 Å². The van der Waals surface area contributed by atoms with Gasteiger partial charge in [-0.2, -0.15) is 0 Å². The van der Waals surface area contributed by atoms with Crippen molar-refractivity contribution in [2.75, 3.05) is 19.0 Å². The third kappa shape index (κ3) is 2.10. The van der Waals surface area contributed by atoms with Crippen LogP contribution in [0.3, 0.4) is 0 Å². The van der Waals surface area contributed by atoms with Crippen LogP contribution >= 0.6 is 0 Å². The molecule has 0 aliphatic rings. The van der Waals surface area contributed by atoms with Gasteiger partial charge in [-0.1, -0.05) is 20.4 Å². The third-order valence-corrected chi connectivity index (χ3v) is 2.08. The normalized spacial score (nSPS) is 10.4. The highest BCUT2D eigenvalue weighted by atomic mass is 15.2. The Morgan fingerprint density at radius 3 is 2.43 bits per heavy atom. The van der Waals surface area contributed by atoms with Crippen molar-refractivity contribution in [1.82, 2.24) is 10.2 Å². The molecule has 0 unspecified atom stereocenters. The Bertz CT molecular complexity index is 329. The van der Waals surface area contributed by atoms with Crippen LogP contribution in [0.25, 0.3) is 6.08 Å². The average molecular weight is 191 g/mol. The van der Waals surface area contributed by atoms with Gasteiger partial charge < -0.3 is 4.90 Å². The third-order valence-electron chi connectivity index (χ3n) is 2.08. The molecule has 0 radical (unpaired) electrons. The predicted molar refractivity (Wildman–Crippen MR) is 60.5 cm³/mol. The number of hydrogen-bond donors (Lipinski definition) is 0. The molecule has 0 atom stereocenters. The van der Waals surface area contributed by atoms with Crippen molar-refractivity contribution < 1.29 is 0 Å². The second-order valence-electron chi connectivity index (χ2n) is 3.80. The van der Waals surface area contributed by atoms with E-state index < -0.39 is 0 Å². The zero-order valence-electron chi connectivity index (χ0n) is 9.28. The van der Waals surface area contributed by atoms with E-state index in [-0.39, 0.29) is 0 Å². The Labute approximate surface area is 85.5 Å². The van der Waals surface area contributed by atoms with Gasteiger partial charge in [-0.05, 0) is 18.1 Å². The zero-order chi connectivity index (χ0) is 10.7. The monoisotopic (exact) mass is 191 g/mol. The van der Waals surface area contributed by atoms with Gasteiger partial charge in [-0.15, -0.1) is 10.2 Å². The minimum atomic E-state index is 0.446. The van der Waals surface area contributed by atoms with Crippen LogP contribution in [0, 0.1) is 0 Å². The number of hydrogen-bond acceptors (Lipinski definition) is 3. The highest BCUT2D eigenvalue weighted by Crippen LogP contribution is 2.23. The molecule has 0 N–H and O–H groups in total. The van der Waals surface area contributed by atoms with E-state index >= 15 is 0 Å². The molecule has 0 saturated heterocycles. The molecule has 1 aromatic heterocycles. The van der Waals surface area contributed by atoms with Crippen LogP contribution in [0.1, 0.15) is 31.0 Å². The summed E-state index contributed by atoms with van der Waals surface area (Å²) < 4.78 is 0. The molecule has 3 nitrogen and oxygen atoms in total. The molecule has 14 heavy (non-hydrogen) atoms. The van der Waals surface area contributed by atoms with E-state index in [9.17, 15) is 0 Å². The maximum Gasteiger partial charge on any atom is 0.154 e. The topological polar surface area (TPSA) is 29.0 Å². The molecule has 0 bridgehead atoms. The highest BCUT2D eigenvalue weighted by Gasteiger charge is 2.10. The lowest BCUT2D eigenvalue weighted by Gasteiger charge is -2.17. The van der Waals surface area contributed by atoms with E-state index in [0.717, 1.165) is 11.5 Å². The molecule has 0 aromatic carbocycles. The fraction of sp³-hybridized carbons (Fsp3) is 0.455. The minimum absolute atomic E-state index is 0.446. The molecule has 3 heteroatoms. The fourth-order valence-corrected chi connectivity index (χ4v) is 1.29. The first kappa shape index (κ1) is 10.7. The summed E-state index contributed by atoms with van der Waals surface area (Å²) in [5.74, 6) is 1.38. The molecule has 0 aliphatic carbocycles. The summed E-state index contributed by atoms with van der Waals surface area (Å²) >= 11 is 0. The van der Waals surface area contributed by atoms with Gasteiger partial charge in [0.05, 0.1) is 5.69 Å². The van der Waals surface area contributed by atoms with Crippen molar-refractivity contribution >= 4 is 11.9 Å². The SMILES string of the molecule is C=Cc1cc(C(C)C)c(N(C)C)nn1. The smallest absolute Gasteiger partial charge is 0.154 e. The van der Waals surface area contributed by atoms with Crippen LogP contribution in [0.2, 0.25) is 0 Å². The summed E-state index contributed by atoms with van der Waals surface area (Å²) in [5.41, 5.74) is 2.04. The number of nitrogens with zero attached hydrogens (tertiary/aromatic N) is 3. The molecule has 0 amide bonds. The van der Waals surface area contributed by atoms with E-state index in [2.05, 4.69) is 30.6 Å². The van der Waals surface area contributed by atoms with Gasteiger partial charge >= 0.3 is 0 Å². The summed E-state index contributed by atoms with van der Waals surface area (Å²) in [6.45, 7) is 7.99. The summed E-state index contributed by atoms with van der Waals surface area (Å²) in [7, 11) is 3.95. The van der Waals surface area contributed by atoms with Gasteiger partial charge in [0.25, 0.3) is 0 Å². The average Bonchev–Trinajstić information content (AvgIpc) is 2.16. The van der Waals surface area contributed by atoms with Crippen LogP contribution < -0.4 is 4.90 Å². The van der Waals surface area contributed by atoms with Crippen LogP contribution in [-0.4, -0.2) is 24.3 Å². The largest absolute Gasteiger partial charge is 0.361 e. The van der Waals surface area contributed by atoms with Crippen LogP contribution in [0.4, 0.5) is 5.82 Å². The van der Waals surface area contributed by atoms with Crippen molar-refractivity contribution in [2.24, 2.45) is 0 Å². The summed E-state index contributed by atoms with van der Waals surface area (Å²) in [5, 5.41) is 8.23. The van der Waals surface area contributed by atoms with Gasteiger partial charge in [0.1, 0.15) is 0 Å². The van der Waals surface area contributed by atoms with E-state index in [1.54, 1.807) is 6.08 Å². The zero-order valence-corrected chi connectivity index (χ0v) is 9.28. The first-order valence-electron chi connectivity index (χ1n) is 4.73. The second-order valence-corrected chi connectivity index (χ2v) is 3.80. The van der Waals surface area contributed by atoms with Crippen molar-refractivity contribution in [3.05, 3.63) is 23.9 Å². The Kier molecular flexibility index (Phi) is 3.23. The summed E-state index contributed by atoms with van der Waals surface area (Å²) in [6, 6.07) is 2.04. The van der Waals surface area contributed by atoms with Gasteiger partial charge in [0.15, 0.2) is 5.82 Å². The summed E-state index contributed by atoms with van der Waals surface area (Å²) in [6.07, 6.45) is 1.72. The lowest BCUT2D eigenvalue weighted by atomic mass is 10.0. The maximum atomic E-state index is 4.17. The summed E-state index contributed by atoms with van der Waals surface area (Å²) in [4.78, 5) is 1.98. The molecule has 0 saturated carbocycles. The molecule has 1 aromatic rings. The van der Waals surface area contributed by atoms with E-state index in [1.807, 2.05) is 25.1 Å². The molecule has 1 heterocycles. The van der Waals surface area contributed by atoms with Gasteiger partial charge in [-0.3, -0.25) is 0 Å². The van der Waals surface area contributed by atoms with Crippen molar-refractivity contribution in [1.29, 1.82) is 0 Å². The molecule has 1 rings (SSSR count). The number of aromatic nitrogens is 2. The number of rotatable bonds is 3. The predicted octanol–water partition coefficient (Wildman–Crippen LogP) is 2.31. The van der Waals surface area contributed by atoms with E-state index in [0.29, 0.717) is 5.92 Å². The van der Waals surface area contributed by atoms with Crippen molar-refractivity contribution in [3.8, 4) is 0 Å². The van der Waals surface area contributed by atoms with Gasteiger partial charge in [0, 0.05) is 19.7 Å². The maximum absolute atomic E-state index is 4.17. The van der Waals surface area contributed by atoms with Crippen LogP contribution in [0.5, 0.6) is 0 Å². The van der Waals surface area contributed by atoms with Gasteiger partial charge in [-0.25, -0.2) is 0 Å². The van der Waals surface area contributed by atoms with Crippen molar-refractivity contribution in [2.45, 2.75) is 19.8 Å². The molecular formula is C11H17N3. The molecule has 0 spiro atoms. The standard InChI is InChI=1S/C11H17N3/c1-6-9-7-10(8(2)3)11(13-12-9)14(4)5/h6-8H,1H2,2-5H3. The minimum Gasteiger partial charge on any atom is -0.361 e. The Morgan fingerprint density at radius 1 is 1.36 bits per heavy atom. The lowest BCUT2D eigenvalue weighted by Crippen LogP contribution is -2.15. The first-order chi connectivity index (χ1) is 6.56. The molecule has 0 fully saturated rings.